The van der Waals surface area contributed by atoms with Crippen LogP contribution in [-0.4, -0.2) is 47.5 Å². The number of carbonyl (C=O) groups excluding carboxylic acids is 1. The summed E-state index contributed by atoms with van der Waals surface area (Å²) in [6.07, 6.45) is 1.44. The van der Waals surface area contributed by atoms with Gasteiger partial charge in [-0.1, -0.05) is 0 Å². The first-order valence-corrected chi connectivity index (χ1v) is 4.74. The number of esters is 1. The van der Waals surface area contributed by atoms with Crippen LogP contribution in [0.1, 0.15) is 10.4 Å². The van der Waals surface area contributed by atoms with E-state index < -0.39 is 12.0 Å². The van der Waals surface area contributed by atoms with Gasteiger partial charge in [0.1, 0.15) is 5.82 Å². The Morgan fingerprint density at radius 1 is 1.56 bits per heavy atom. The largest absolute Gasteiger partial charge is 0.465 e. The molecule has 1 aromatic rings. The maximum absolute atomic E-state index is 11.2. The highest BCUT2D eigenvalue weighted by Gasteiger charge is 2.09. The number of aliphatic hydroxyl groups excluding tert-OH is 2. The van der Waals surface area contributed by atoms with Gasteiger partial charge in [0.25, 0.3) is 0 Å². The Bertz CT molecular complexity index is 352. The van der Waals surface area contributed by atoms with Crippen LogP contribution in [0.3, 0.4) is 0 Å². The molecule has 6 heteroatoms. The van der Waals surface area contributed by atoms with Crippen LogP contribution in [0.15, 0.2) is 18.3 Å². The molecule has 0 aliphatic heterocycles. The number of carbonyl (C=O) groups is 1. The van der Waals surface area contributed by atoms with Crippen molar-refractivity contribution in [1.82, 2.24) is 4.98 Å². The minimum absolute atomic E-state index is 0.222. The predicted molar refractivity (Wildman–Crippen MR) is 57.2 cm³/mol. The lowest BCUT2D eigenvalue weighted by atomic mass is 10.2. The van der Waals surface area contributed by atoms with Gasteiger partial charge in [0.2, 0.25) is 0 Å². The van der Waals surface area contributed by atoms with Gasteiger partial charge >= 0.3 is 5.97 Å². The highest BCUT2D eigenvalue weighted by molar-refractivity contribution is 5.89. The van der Waals surface area contributed by atoms with E-state index in [1.807, 2.05) is 0 Å². The highest BCUT2D eigenvalue weighted by Crippen LogP contribution is 2.09. The first kappa shape index (κ1) is 12.4. The van der Waals surface area contributed by atoms with Crippen LogP contribution in [0.5, 0.6) is 0 Å². The average molecular weight is 226 g/mol. The summed E-state index contributed by atoms with van der Waals surface area (Å²) in [6.45, 7) is -0.443. The van der Waals surface area contributed by atoms with E-state index >= 15 is 0 Å². The van der Waals surface area contributed by atoms with E-state index in [-0.39, 0.29) is 13.2 Å². The maximum Gasteiger partial charge on any atom is 0.338 e. The fraction of sp³-hybridized carbons (Fsp3) is 0.400. The zero-order chi connectivity index (χ0) is 12.0. The molecule has 0 spiro atoms. The molecule has 0 amide bonds. The summed E-state index contributed by atoms with van der Waals surface area (Å²) >= 11 is 0. The monoisotopic (exact) mass is 226 g/mol. The first-order chi connectivity index (χ1) is 7.71. The second kappa shape index (κ2) is 6.04. The molecule has 1 heterocycles. The summed E-state index contributed by atoms with van der Waals surface area (Å²) < 4.78 is 4.56. The van der Waals surface area contributed by atoms with E-state index in [1.54, 1.807) is 0 Å². The van der Waals surface area contributed by atoms with Crippen LogP contribution in [-0.2, 0) is 4.74 Å². The second-order valence-electron chi connectivity index (χ2n) is 3.13. The van der Waals surface area contributed by atoms with Crippen LogP contribution in [0.4, 0.5) is 5.82 Å². The van der Waals surface area contributed by atoms with E-state index in [2.05, 4.69) is 15.0 Å². The third-order valence-electron chi connectivity index (χ3n) is 1.97. The van der Waals surface area contributed by atoms with Crippen molar-refractivity contribution in [2.45, 2.75) is 6.04 Å². The molecule has 0 saturated heterocycles. The number of nitrogens with one attached hydrogen (secondary N) is 1. The molecule has 1 rings (SSSR count). The molecule has 0 unspecified atom stereocenters. The van der Waals surface area contributed by atoms with Gasteiger partial charge in [-0.05, 0) is 12.1 Å². The van der Waals surface area contributed by atoms with Gasteiger partial charge in [0.05, 0.1) is 31.9 Å². The molecule has 0 bridgehead atoms. The molecule has 0 aliphatic rings. The SMILES string of the molecule is COC(=O)c1ccnc(NC(CO)CO)c1. The Morgan fingerprint density at radius 3 is 2.81 bits per heavy atom. The molecule has 3 N–H and O–H groups in total. The van der Waals surface area contributed by atoms with Crippen molar-refractivity contribution in [3.05, 3.63) is 23.9 Å². The summed E-state index contributed by atoms with van der Waals surface area (Å²) in [6, 6.07) is 2.51. The number of hydrogen-bond donors (Lipinski definition) is 3. The van der Waals surface area contributed by atoms with Gasteiger partial charge in [0, 0.05) is 6.20 Å². The smallest absolute Gasteiger partial charge is 0.338 e. The van der Waals surface area contributed by atoms with Crippen molar-refractivity contribution < 1.29 is 19.7 Å². The Hall–Kier alpha value is -1.66. The minimum Gasteiger partial charge on any atom is -0.465 e. The summed E-state index contributed by atoms with van der Waals surface area (Å²) in [5.41, 5.74) is 0.356. The molecule has 16 heavy (non-hydrogen) atoms. The molecule has 0 radical (unpaired) electrons. The van der Waals surface area contributed by atoms with Gasteiger partial charge in [-0.15, -0.1) is 0 Å². The number of ether oxygens (including phenoxy) is 1. The third-order valence-corrected chi connectivity index (χ3v) is 1.97. The normalized spacial score (nSPS) is 10.2. The topological polar surface area (TPSA) is 91.7 Å². The van der Waals surface area contributed by atoms with E-state index in [4.69, 9.17) is 10.2 Å². The number of anilines is 1. The van der Waals surface area contributed by atoms with E-state index in [0.29, 0.717) is 11.4 Å². The lowest BCUT2D eigenvalue weighted by Gasteiger charge is -2.14. The summed E-state index contributed by atoms with van der Waals surface area (Å²) in [5, 5.41) is 20.5. The lowest BCUT2D eigenvalue weighted by Crippen LogP contribution is -2.28. The molecule has 88 valence electrons. The minimum atomic E-state index is -0.500. The molecule has 0 saturated carbocycles. The second-order valence-corrected chi connectivity index (χ2v) is 3.13. The number of rotatable bonds is 5. The molecule has 6 nitrogen and oxygen atoms in total. The fourth-order valence-electron chi connectivity index (χ4n) is 1.11. The average Bonchev–Trinajstić information content (AvgIpc) is 2.35. The summed E-state index contributed by atoms with van der Waals surface area (Å²) in [7, 11) is 1.29. The molecule has 0 aromatic carbocycles. The van der Waals surface area contributed by atoms with Crippen LogP contribution in [0, 0.1) is 0 Å². The summed E-state index contributed by atoms with van der Waals surface area (Å²) in [4.78, 5) is 15.2. The number of hydrogen-bond acceptors (Lipinski definition) is 6. The molecule has 1 aromatic heterocycles. The third kappa shape index (κ3) is 3.18. The molecule has 0 aliphatic carbocycles. The van der Waals surface area contributed by atoms with E-state index in [0.717, 1.165) is 0 Å². The van der Waals surface area contributed by atoms with Crippen molar-refractivity contribution in [2.75, 3.05) is 25.6 Å². The van der Waals surface area contributed by atoms with Crippen molar-refractivity contribution in [1.29, 1.82) is 0 Å². The molecule has 0 fully saturated rings. The molecular weight excluding hydrogens is 212 g/mol. The van der Waals surface area contributed by atoms with E-state index in [9.17, 15) is 4.79 Å². The van der Waals surface area contributed by atoms with Crippen LogP contribution < -0.4 is 5.32 Å². The Balaban J connectivity index is 2.78. The van der Waals surface area contributed by atoms with Crippen LogP contribution in [0.2, 0.25) is 0 Å². The van der Waals surface area contributed by atoms with Gasteiger partial charge in [-0.3, -0.25) is 0 Å². The van der Waals surface area contributed by atoms with Crippen LogP contribution >= 0.6 is 0 Å². The Labute approximate surface area is 92.9 Å². The molecule has 0 atom stereocenters. The van der Waals surface area contributed by atoms with Gasteiger partial charge in [0.15, 0.2) is 0 Å². The standard InChI is InChI=1S/C10H14N2O4/c1-16-10(15)7-2-3-11-9(4-7)12-8(5-13)6-14/h2-4,8,13-14H,5-6H2,1H3,(H,11,12). The number of aliphatic hydroxyl groups is 2. The number of methoxy groups -OCH3 is 1. The van der Waals surface area contributed by atoms with Gasteiger partial charge in [-0.2, -0.15) is 0 Å². The lowest BCUT2D eigenvalue weighted by molar-refractivity contribution is 0.0600. The zero-order valence-electron chi connectivity index (χ0n) is 8.88. The quantitative estimate of drug-likeness (QED) is 0.593. The first-order valence-electron chi connectivity index (χ1n) is 4.74. The number of pyridine rings is 1. The maximum atomic E-state index is 11.2. The molecular formula is C10H14N2O4. The van der Waals surface area contributed by atoms with Crippen molar-refractivity contribution in [3.8, 4) is 0 Å². The van der Waals surface area contributed by atoms with Crippen molar-refractivity contribution in [3.63, 3.8) is 0 Å². The fourth-order valence-corrected chi connectivity index (χ4v) is 1.11. The number of aromatic nitrogens is 1. The highest BCUT2D eigenvalue weighted by atomic mass is 16.5. The van der Waals surface area contributed by atoms with Crippen LogP contribution in [0.25, 0.3) is 0 Å². The van der Waals surface area contributed by atoms with Crippen molar-refractivity contribution in [2.24, 2.45) is 0 Å². The van der Waals surface area contributed by atoms with E-state index in [1.165, 1.54) is 25.4 Å². The predicted octanol–water partition coefficient (Wildman–Crippen LogP) is -0.367. The van der Waals surface area contributed by atoms with Gasteiger partial charge < -0.3 is 20.3 Å². The summed E-state index contributed by atoms with van der Waals surface area (Å²) in [5.74, 6) is -0.0639. The van der Waals surface area contributed by atoms with Crippen molar-refractivity contribution >= 4 is 11.8 Å². The Morgan fingerprint density at radius 2 is 2.25 bits per heavy atom. The number of nitrogens with zero attached hydrogens (tertiary/aromatic N) is 1. The zero-order valence-corrected chi connectivity index (χ0v) is 8.88. The van der Waals surface area contributed by atoms with Gasteiger partial charge in [-0.25, -0.2) is 9.78 Å². The Kier molecular flexibility index (Phi) is 4.68.